The van der Waals surface area contributed by atoms with Crippen LogP contribution in [0.25, 0.3) is 11.5 Å². The first kappa shape index (κ1) is 21.7. The molecule has 0 radical (unpaired) electrons. The van der Waals surface area contributed by atoms with Gasteiger partial charge in [-0.15, -0.1) is 10.2 Å². The fourth-order valence-electron chi connectivity index (χ4n) is 2.14. The van der Waals surface area contributed by atoms with Crippen LogP contribution in [0.5, 0.6) is 11.5 Å². The molecule has 0 spiro atoms. The van der Waals surface area contributed by atoms with E-state index in [4.69, 9.17) is 13.9 Å². The number of hydrogen-bond acceptors (Lipinski definition) is 8. The number of rotatable bonds is 8. The molecular weight excluding hydrogens is 476 g/mol. The summed E-state index contributed by atoms with van der Waals surface area (Å²) < 4.78 is 16.8. The number of carbonyl (C=O) groups excluding carboxylic acids is 2. The summed E-state index contributed by atoms with van der Waals surface area (Å²) in [6.45, 7) is -0.232. The van der Waals surface area contributed by atoms with E-state index in [1.165, 1.54) is 0 Å². The van der Waals surface area contributed by atoms with Crippen molar-refractivity contribution in [3.05, 3.63) is 53.0 Å². The maximum absolute atomic E-state index is 11.9. The van der Waals surface area contributed by atoms with Gasteiger partial charge in [0, 0.05) is 10.0 Å². The average Bonchev–Trinajstić information content (AvgIpc) is 3.25. The van der Waals surface area contributed by atoms with E-state index >= 15 is 0 Å². The van der Waals surface area contributed by atoms with Gasteiger partial charge in [0.25, 0.3) is 11.1 Å². The summed E-state index contributed by atoms with van der Waals surface area (Å²) in [6.07, 6.45) is 0. The van der Waals surface area contributed by atoms with Crippen molar-refractivity contribution in [1.82, 2.24) is 21.0 Å². The van der Waals surface area contributed by atoms with Gasteiger partial charge in [0.1, 0.15) is 11.5 Å². The van der Waals surface area contributed by atoms with Crippen LogP contribution in [0.15, 0.2) is 62.6 Å². The molecule has 3 aromatic rings. The number of carbonyl (C=O) groups is 2. The number of nitrogens with one attached hydrogen (secondary N) is 2. The summed E-state index contributed by atoms with van der Waals surface area (Å²) >= 11 is 4.36. The van der Waals surface area contributed by atoms with Crippen molar-refractivity contribution in [3.63, 3.8) is 0 Å². The summed E-state index contributed by atoms with van der Waals surface area (Å²) in [7, 11) is 1.58. The van der Waals surface area contributed by atoms with Crippen LogP contribution < -0.4 is 20.3 Å². The molecule has 30 heavy (non-hydrogen) atoms. The molecule has 9 nitrogen and oxygen atoms in total. The molecule has 0 atom stereocenters. The minimum absolute atomic E-state index is 0.0158. The number of nitrogens with zero attached hydrogens (tertiary/aromatic N) is 2. The van der Waals surface area contributed by atoms with Crippen LogP contribution in [0.2, 0.25) is 0 Å². The molecule has 0 unspecified atom stereocenters. The lowest BCUT2D eigenvalue weighted by atomic mass is 10.2. The van der Waals surface area contributed by atoms with Crippen molar-refractivity contribution in [2.24, 2.45) is 0 Å². The summed E-state index contributed by atoms with van der Waals surface area (Å²) in [5, 5.41) is 8.09. The second kappa shape index (κ2) is 10.6. The summed E-state index contributed by atoms with van der Waals surface area (Å²) in [6, 6.07) is 14.2. The van der Waals surface area contributed by atoms with Gasteiger partial charge in [0.05, 0.1) is 12.9 Å². The zero-order valence-electron chi connectivity index (χ0n) is 15.8. The van der Waals surface area contributed by atoms with Crippen LogP contribution in [0.3, 0.4) is 0 Å². The first-order chi connectivity index (χ1) is 14.5. The van der Waals surface area contributed by atoms with Gasteiger partial charge in [-0.3, -0.25) is 20.4 Å². The lowest BCUT2D eigenvalue weighted by molar-refractivity contribution is -0.128. The molecule has 156 valence electrons. The molecule has 1 aromatic heterocycles. The van der Waals surface area contributed by atoms with E-state index in [1.807, 2.05) is 0 Å². The van der Waals surface area contributed by atoms with E-state index in [9.17, 15) is 9.59 Å². The first-order valence-corrected chi connectivity index (χ1v) is 10.4. The molecular formula is C19H17BrN4O5S. The Balaban J connectivity index is 1.38. The minimum Gasteiger partial charge on any atom is -0.497 e. The highest BCUT2D eigenvalue weighted by Gasteiger charge is 2.12. The van der Waals surface area contributed by atoms with Gasteiger partial charge < -0.3 is 13.9 Å². The van der Waals surface area contributed by atoms with Gasteiger partial charge in [-0.25, -0.2) is 0 Å². The predicted octanol–water partition coefficient (Wildman–Crippen LogP) is 2.83. The quantitative estimate of drug-likeness (QED) is 0.364. The smallest absolute Gasteiger partial charge is 0.277 e. The van der Waals surface area contributed by atoms with Gasteiger partial charge in [0.2, 0.25) is 11.8 Å². The van der Waals surface area contributed by atoms with Crippen molar-refractivity contribution in [2.75, 3.05) is 19.5 Å². The van der Waals surface area contributed by atoms with E-state index in [1.54, 1.807) is 55.6 Å². The predicted molar refractivity (Wildman–Crippen MR) is 113 cm³/mol. The molecule has 1 heterocycles. The number of amides is 2. The zero-order valence-corrected chi connectivity index (χ0v) is 18.2. The SMILES string of the molecule is COc1ccc(-c2nnc(SCC(=O)NNC(=O)COc3ccc(Br)cc3)o2)cc1. The van der Waals surface area contributed by atoms with Crippen molar-refractivity contribution in [3.8, 4) is 23.0 Å². The Morgan fingerprint density at radius 3 is 2.37 bits per heavy atom. The van der Waals surface area contributed by atoms with Crippen molar-refractivity contribution >= 4 is 39.5 Å². The van der Waals surface area contributed by atoms with Gasteiger partial charge in [-0.2, -0.15) is 0 Å². The fourth-order valence-corrected chi connectivity index (χ4v) is 2.96. The molecule has 0 bridgehead atoms. The highest BCUT2D eigenvalue weighted by molar-refractivity contribution is 9.10. The number of benzene rings is 2. The fraction of sp³-hybridized carbons (Fsp3) is 0.158. The summed E-state index contributed by atoms with van der Waals surface area (Å²) in [5.41, 5.74) is 5.31. The Bertz CT molecular complexity index is 995. The minimum atomic E-state index is -0.490. The van der Waals surface area contributed by atoms with E-state index in [2.05, 4.69) is 37.0 Å². The lowest BCUT2D eigenvalue weighted by Gasteiger charge is -2.08. The second-order valence-electron chi connectivity index (χ2n) is 5.73. The van der Waals surface area contributed by atoms with Crippen molar-refractivity contribution in [2.45, 2.75) is 5.22 Å². The molecule has 0 aliphatic carbocycles. The van der Waals surface area contributed by atoms with E-state index in [0.717, 1.165) is 21.8 Å². The molecule has 3 rings (SSSR count). The Morgan fingerprint density at radius 2 is 1.67 bits per heavy atom. The third-order valence-corrected chi connectivity index (χ3v) is 4.94. The number of halogens is 1. The lowest BCUT2D eigenvalue weighted by Crippen LogP contribution is -2.44. The third kappa shape index (κ3) is 6.49. The molecule has 0 aliphatic heterocycles. The normalized spacial score (nSPS) is 10.3. The Labute approximate surface area is 184 Å². The largest absolute Gasteiger partial charge is 0.497 e. The molecule has 2 amide bonds. The molecule has 0 aliphatic rings. The Hall–Kier alpha value is -3.05. The Kier molecular flexibility index (Phi) is 7.69. The van der Waals surface area contributed by atoms with Crippen LogP contribution in [0, 0.1) is 0 Å². The molecule has 11 heteroatoms. The number of methoxy groups -OCH3 is 1. The van der Waals surface area contributed by atoms with Gasteiger partial charge in [0.15, 0.2) is 6.61 Å². The molecule has 0 fully saturated rings. The highest BCUT2D eigenvalue weighted by atomic mass is 79.9. The van der Waals surface area contributed by atoms with E-state index in [0.29, 0.717) is 17.4 Å². The number of aromatic nitrogens is 2. The monoisotopic (exact) mass is 492 g/mol. The highest BCUT2D eigenvalue weighted by Crippen LogP contribution is 2.24. The molecule has 2 aromatic carbocycles. The first-order valence-electron chi connectivity index (χ1n) is 8.60. The van der Waals surface area contributed by atoms with Crippen LogP contribution in [0.1, 0.15) is 0 Å². The third-order valence-electron chi connectivity index (χ3n) is 3.60. The van der Waals surface area contributed by atoms with Crippen LogP contribution in [-0.4, -0.2) is 41.5 Å². The van der Waals surface area contributed by atoms with Gasteiger partial charge in [-0.1, -0.05) is 27.7 Å². The van der Waals surface area contributed by atoms with Crippen LogP contribution in [0.4, 0.5) is 0 Å². The average molecular weight is 493 g/mol. The van der Waals surface area contributed by atoms with E-state index < -0.39 is 11.8 Å². The summed E-state index contributed by atoms with van der Waals surface area (Å²) in [4.78, 5) is 23.6. The summed E-state index contributed by atoms with van der Waals surface area (Å²) in [5.74, 6) is 0.655. The zero-order chi connectivity index (χ0) is 21.3. The van der Waals surface area contributed by atoms with Crippen molar-refractivity contribution < 1.29 is 23.5 Å². The van der Waals surface area contributed by atoms with Gasteiger partial charge >= 0.3 is 0 Å². The molecule has 0 saturated carbocycles. The molecule has 0 saturated heterocycles. The number of hydrazine groups is 1. The number of ether oxygens (including phenoxy) is 2. The standard InChI is InChI=1S/C19H17BrN4O5S/c1-27-14-6-2-12(3-7-14)18-23-24-19(29-18)30-11-17(26)22-21-16(25)10-28-15-8-4-13(20)5-9-15/h2-9H,10-11H2,1H3,(H,21,25)(H,22,26). The maximum atomic E-state index is 11.9. The van der Waals surface area contributed by atoms with Gasteiger partial charge in [-0.05, 0) is 48.5 Å². The van der Waals surface area contributed by atoms with E-state index in [-0.39, 0.29) is 17.6 Å². The number of thioether (sulfide) groups is 1. The van der Waals surface area contributed by atoms with Crippen LogP contribution in [-0.2, 0) is 9.59 Å². The van der Waals surface area contributed by atoms with Crippen molar-refractivity contribution in [1.29, 1.82) is 0 Å². The topological polar surface area (TPSA) is 116 Å². The second-order valence-corrected chi connectivity index (χ2v) is 7.57. The van der Waals surface area contributed by atoms with Crippen LogP contribution >= 0.6 is 27.7 Å². The molecule has 2 N–H and O–H groups in total. The number of hydrogen-bond donors (Lipinski definition) is 2. The Morgan fingerprint density at radius 1 is 1.00 bits per heavy atom. The maximum Gasteiger partial charge on any atom is 0.277 e.